The van der Waals surface area contributed by atoms with Gasteiger partial charge in [0, 0.05) is 5.56 Å². The van der Waals surface area contributed by atoms with E-state index in [1.54, 1.807) is 23.6 Å². The number of hydrogen-bond donors (Lipinski definition) is 0. The Hall–Kier alpha value is -3.25. The molecule has 4 aromatic rings. The quantitative estimate of drug-likeness (QED) is 0.335. The first kappa shape index (κ1) is 22.0. The average Bonchev–Trinajstić information content (AvgIpc) is 3.18. The SMILES string of the molecule is CCOc1cc(C)c(-c2nc3ccccc3c(=O)n2N=Cc2sccc2C)cc1C(C)C. The number of ether oxygens (including phenoxy) is 1. The highest BCUT2D eigenvalue weighted by Crippen LogP contribution is 2.34. The highest BCUT2D eigenvalue weighted by atomic mass is 32.1. The summed E-state index contributed by atoms with van der Waals surface area (Å²) in [7, 11) is 0. The first-order valence-corrected chi connectivity index (χ1v) is 11.7. The van der Waals surface area contributed by atoms with Gasteiger partial charge in [-0.1, -0.05) is 26.0 Å². The second kappa shape index (κ2) is 9.09. The van der Waals surface area contributed by atoms with Gasteiger partial charge in [-0.15, -0.1) is 11.3 Å². The van der Waals surface area contributed by atoms with Gasteiger partial charge in [0.25, 0.3) is 5.56 Å². The zero-order valence-corrected chi connectivity index (χ0v) is 19.9. The second-order valence-electron chi connectivity index (χ2n) is 8.07. The van der Waals surface area contributed by atoms with E-state index < -0.39 is 0 Å². The van der Waals surface area contributed by atoms with Crippen LogP contribution in [0, 0.1) is 13.8 Å². The fourth-order valence-electron chi connectivity index (χ4n) is 3.70. The second-order valence-corrected chi connectivity index (χ2v) is 9.02. The van der Waals surface area contributed by atoms with Gasteiger partial charge in [-0.2, -0.15) is 9.78 Å². The fourth-order valence-corrected chi connectivity index (χ4v) is 4.48. The van der Waals surface area contributed by atoms with Crippen LogP contribution in [0.1, 0.15) is 48.3 Å². The number of rotatable bonds is 6. The van der Waals surface area contributed by atoms with Crippen molar-refractivity contribution in [3.8, 4) is 17.1 Å². The minimum Gasteiger partial charge on any atom is -0.494 e. The highest BCUT2D eigenvalue weighted by Gasteiger charge is 2.18. The summed E-state index contributed by atoms with van der Waals surface area (Å²) in [6.07, 6.45) is 1.74. The Labute approximate surface area is 192 Å². The lowest BCUT2D eigenvalue weighted by Gasteiger charge is -2.18. The van der Waals surface area contributed by atoms with Crippen molar-refractivity contribution in [2.75, 3.05) is 6.61 Å². The zero-order valence-electron chi connectivity index (χ0n) is 19.0. The minimum absolute atomic E-state index is 0.185. The number of benzene rings is 2. The van der Waals surface area contributed by atoms with E-state index in [0.717, 1.165) is 32.9 Å². The molecule has 164 valence electrons. The maximum Gasteiger partial charge on any atom is 0.282 e. The molecule has 0 bridgehead atoms. The summed E-state index contributed by atoms with van der Waals surface area (Å²) in [4.78, 5) is 19.3. The third-order valence-corrected chi connectivity index (χ3v) is 6.42. The molecule has 0 aliphatic rings. The molecule has 0 unspecified atom stereocenters. The van der Waals surface area contributed by atoms with E-state index in [9.17, 15) is 4.79 Å². The van der Waals surface area contributed by atoms with Crippen molar-refractivity contribution in [2.45, 2.75) is 40.5 Å². The van der Waals surface area contributed by atoms with Crippen molar-refractivity contribution in [3.05, 3.63) is 79.8 Å². The van der Waals surface area contributed by atoms with Crippen LogP contribution in [0.3, 0.4) is 0 Å². The maximum absolute atomic E-state index is 13.5. The number of aryl methyl sites for hydroxylation is 2. The van der Waals surface area contributed by atoms with Crippen LogP contribution in [-0.4, -0.2) is 22.5 Å². The average molecular weight is 446 g/mol. The molecule has 0 N–H and O–H groups in total. The van der Waals surface area contributed by atoms with E-state index in [-0.39, 0.29) is 11.5 Å². The van der Waals surface area contributed by atoms with Gasteiger partial charge in [-0.25, -0.2) is 4.98 Å². The molecular formula is C26H27N3O2S. The van der Waals surface area contributed by atoms with Gasteiger partial charge in [0.15, 0.2) is 5.82 Å². The molecule has 4 rings (SSSR count). The lowest BCUT2D eigenvalue weighted by atomic mass is 9.96. The van der Waals surface area contributed by atoms with Gasteiger partial charge in [0.05, 0.1) is 28.6 Å². The van der Waals surface area contributed by atoms with E-state index in [4.69, 9.17) is 9.72 Å². The molecule has 32 heavy (non-hydrogen) atoms. The van der Waals surface area contributed by atoms with Crippen LogP contribution in [0.4, 0.5) is 0 Å². The molecule has 0 atom stereocenters. The van der Waals surface area contributed by atoms with Crippen molar-refractivity contribution in [1.29, 1.82) is 0 Å². The number of nitrogens with zero attached hydrogens (tertiary/aromatic N) is 3. The van der Waals surface area contributed by atoms with Gasteiger partial charge in [-0.05, 0) is 79.1 Å². The number of thiophene rings is 1. The van der Waals surface area contributed by atoms with E-state index in [1.807, 2.05) is 56.5 Å². The van der Waals surface area contributed by atoms with Gasteiger partial charge < -0.3 is 4.74 Å². The first-order valence-electron chi connectivity index (χ1n) is 10.8. The molecule has 0 saturated carbocycles. The molecule has 0 fully saturated rings. The third kappa shape index (κ3) is 4.10. The van der Waals surface area contributed by atoms with Crippen molar-refractivity contribution in [1.82, 2.24) is 9.66 Å². The van der Waals surface area contributed by atoms with Crippen molar-refractivity contribution < 1.29 is 4.74 Å². The van der Waals surface area contributed by atoms with Gasteiger partial charge in [0.2, 0.25) is 0 Å². The van der Waals surface area contributed by atoms with Crippen LogP contribution >= 0.6 is 11.3 Å². The lowest BCUT2D eigenvalue weighted by Crippen LogP contribution is -2.20. The molecule has 5 nitrogen and oxygen atoms in total. The molecule has 0 radical (unpaired) electrons. The van der Waals surface area contributed by atoms with E-state index >= 15 is 0 Å². The molecule has 0 aliphatic carbocycles. The van der Waals surface area contributed by atoms with Crippen LogP contribution in [0.2, 0.25) is 0 Å². The maximum atomic E-state index is 13.5. The summed E-state index contributed by atoms with van der Waals surface area (Å²) in [5.41, 5.74) is 4.54. The summed E-state index contributed by atoms with van der Waals surface area (Å²) in [6, 6.07) is 13.6. The Morgan fingerprint density at radius 1 is 1.16 bits per heavy atom. The molecule has 0 aliphatic heterocycles. The predicted molar refractivity (Wildman–Crippen MR) is 133 cm³/mol. The molecule has 2 heterocycles. The summed E-state index contributed by atoms with van der Waals surface area (Å²) >= 11 is 1.60. The fraction of sp³-hybridized carbons (Fsp3) is 0.269. The van der Waals surface area contributed by atoms with Gasteiger partial charge in [-0.3, -0.25) is 4.79 Å². The standard InChI is InChI=1S/C26H27N3O2S/c1-6-31-23-13-18(5)21(14-20(23)16(2)3)25-28-22-10-8-7-9-19(22)26(30)29(25)27-15-24-17(4)11-12-32-24/h7-16H,6H2,1-5H3. The Balaban J connectivity index is 2.00. The minimum atomic E-state index is -0.185. The molecule has 6 heteroatoms. The number of fused-ring (bicyclic) bond motifs is 1. The molecular weight excluding hydrogens is 418 g/mol. The van der Waals surface area contributed by atoms with Crippen LogP contribution in [-0.2, 0) is 0 Å². The van der Waals surface area contributed by atoms with Crippen LogP contribution in [0.5, 0.6) is 5.75 Å². The van der Waals surface area contributed by atoms with Gasteiger partial charge in [0.1, 0.15) is 5.75 Å². The molecule has 0 spiro atoms. The number of aromatic nitrogens is 2. The largest absolute Gasteiger partial charge is 0.494 e. The van der Waals surface area contributed by atoms with Crippen LogP contribution in [0.15, 0.2) is 57.7 Å². The Bertz CT molecular complexity index is 1370. The third-order valence-electron chi connectivity index (χ3n) is 5.47. The topological polar surface area (TPSA) is 56.5 Å². The molecule has 2 aromatic heterocycles. The summed E-state index contributed by atoms with van der Waals surface area (Å²) < 4.78 is 7.31. The zero-order chi connectivity index (χ0) is 22.8. The normalized spacial score (nSPS) is 11.7. The van der Waals surface area contributed by atoms with Crippen molar-refractivity contribution >= 4 is 28.5 Å². The summed E-state index contributed by atoms with van der Waals surface area (Å²) in [6.45, 7) is 10.9. The van der Waals surface area contributed by atoms with Crippen LogP contribution in [0.25, 0.3) is 22.3 Å². The Morgan fingerprint density at radius 2 is 1.94 bits per heavy atom. The predicted octanol–water partition coefficient (Wildman–Crippen LogP) is 6.15. The van der Waals surface area contributed by atoms with Crippen molar-refractivity contribution in [3.63, 3.8) is 0 Å². The van der Waals surface area contributed by atoms with Gasteiger partial charge >= 0.3 is 0 Å². The van der Waals surface area contributed by atoms with Crippen LogP contribution < -0.4 is 10.3 Å². The molecule has 0 amide bonds. The van der Waals surface area contributed by atoms with E-state index in [0.29, 0.717) is 23.3 Å². The van der Waals surface area contributed by atoms with Crippen molar-refractivity contribution in [2.24, 2.45) is 5.10 Å². The summed E-state index contributed by atoms with van der Waals surface area (Å²) in [5, 5.41) is 7.17. The van der Waals surface area contributed by atoms with E-state index in [1.165, 1.54) is 4.68 Å². The lowest BCUT2D eigenvalue weighted by molar-refractivity contribution is 0.335. The van der Waals surface area contributed by atoms with E-state index in [2.05, 4.69) is 25.0 Å². The summed E-state index contributed by atoms with van der Waals surface area (Å²) in [5.74, 6) is 1.66. The molecule has 2 aromatic carbocycles. The Kier molecular flexibility index (Phi) is 6.24. The highest BCUT2D eigenvalue weighted by molar-refractivity contribution is 7.11. The first-order chi connectivity index (χ1) is 15.4. The molecule has 0 saturated heterocycles. The monoisotopic (exact) mass is 445 g/mol. The Morgan fingerprint density at radius 3 is 2.62 bits per heavy atom. The smallest absolute Gasteiger partial charge is 0.282 e. The number of hydrogen-bond acceptors (Lipinski definition) is 5. The number of para-hydroxylation sites is 1.